The van der Waals surface area contributed by atoms with Gasteiger partial charge < -0.3 is 10.5 Å². The summed E-state index contributed by atoms with van der Waals surface area (Å²) >= 11 is 1.60. The highest BCUT2D eigenvalue weighted by Gasteiger charge is 2.16. The van der Waals surface area contributed by atoms with Crippen molar-refractivity contribution in [3.63, 3.8) is 0 Å². The Labute approximate surface area is 128 Å². The van der Waals surface area contributed by atoms with Gasteiger partial charge in [-0.05, 0) is 31.0 Å². The molecule has 5 heteroatoms. The maximum absolute atomic E-state index is 6.02. The zero-order valence-corrected chi connectivity index (χ0v) is 13.1. The number of imidazole rings is 1. The van der Waals surface area contributed by atoms with Crippen molar-refractivity contribution in [2.45, 2.75) is 32.7 Å². The monoisotopic (exact) mass is 301 g/mol. The van der Waals surface area contributed by atoms with Crippen LogP contribution in [0.1, 0.15) is 25.1 Å². The third-order valence-corrected chi connectivity index (χ3v) is 4.12. The van der Waals surface area contributed by atoms with E-state index in [0.717, 1.165) is 29.2 Å². The van der Waals surface area contributed by atoms with Crippen molar-refractivity contribution in [1.82, 2.24) is 9.38 Å². The zero-order chi connectivity index (χ0) is 14.8. The Bertz CT molecular complexity index is 745. The number of thiazole rings is 1. The molecular formula is C16H19N3OS. The molecule has 2 heterocycles. The fourth-order valence-corrected chi connectivity index (χ4v) is 3.05. The van der Waals surface area contributed by atoms with E-state index < -0.39 is 0 Å². The fourth-order valence-electron chi connectivity index (χ4n) is 2.33. The van der Waals surface area contributed by atoms with Crippen molar-refractivity contribution in [3.05, 3.63) is 47.1 Å². The van der Waals surface area contributed by atoms with Crippen LogP contribution < -0.4 is 10.5 Å². The lowest BCUT2D eigenvalue weighted by molar-refractivity contribution is 0.456. The van der Waals surface area contributed by atoms with Gasteiger partial charge in [-0.25, -0.2) is 0 Å². The third-order valence-electron chi connectivity index (χ3n) is 3.36. The average molecular weight is 301 g/mol. The predicted molar refractivity (Wildman–Crippen MR) is 86.3 cm³/mol. The van der Waals surface area contributed by atoms with Gasteiger partial charge in [0.05, 0.1) is 5.69 Å². The van der Waals surface area contributed by atoms with Crippen molar-refractivity contribution >= 4 is 16.3 Å². The molecule has 2 aromatic heterocycles. The summed E-state index contributed by atoms with van der Waals surface area (Å²) in [5.41, 5.74) is 8.24. The van der Waals surface area contributed by atoms with Crippen LogP contribution in [-0.4, -0.2) is 15.4 Å². The molecule has 0 saturated carbocycles. The number of hydrogen-bond donors (Lipinski definition) is 1. The number of fused-ring (bicyclic) bond motifs is 1. The lowest BCUT2D eigenvalue weighted by Crippen LogP contribution is -2.19. The summed E-state index contributed by atoms with van der Waals surface area (Å²) in [6.45, 7) is 4.13. The first-order chi connectivity index (χ1) is 10.2. The summed E-state index contributed by atoms with van der Waals surface area (Å²) in [6.07, 6.45) is 3.74. The molecule has 1 atom stereocenters. The standard InChI is InChI=1S/C16H19N3OS/c1-3-12-5-4-6-13(10-12)20-15-14(9-11(2)17)19-7-8-21-16(19)18-15/h4-8,10-11H,3,9,17H2,1-2H3. The van der Waals surface area contributed by atoms with Crippen LogP contribution in [0, 0.1) is 0 Å². The first-order valence-corrected chi connectivity index (χ1v) is 8.02. The molecular weight excluding hydrogens is 282 g/mol. The molecule has 0 amide bonds. The van der Waals surface area contributed by atoms with Gasteiger partial charge in [-0.3, -0.25) is 4.40 Å². The Morgan fingerprint density at radius 3 is 3.05 bits per heavy atom. The van der Waals surface area contributed by atoms with E-state index in [1.165, 1.54) is 5.56 Å². The van der Waals surface area contributed by atoms with Crippen LogP contribution in [0.2, 0.25) is 0 Å². The van der Waals surface area contributed by atoms with E-state index in [-0.39, 0.29) is 6.04 Å². The summed E-state index contributed by atoms with van der Waals surface area (Å²) in [5, 5.41) is 2.02. The Hall–Kier alpha value is -1.85. The van der Waals surface area contributed by atoms with Crippen LogP contribution in [0.25, 0.3) is 4.96 Å². The van der Waals surface area contributed by atoms with E-state index in [2.05, 4.69) is 28.4 Å². The zero-order valence-electron chi connectivity index (χ0n) is 12.2. The molecule has 0 saturated heterocycles. The second kappa shape index (κ2) is 5.87. The quantitative estimate of drug-likeness (QED) is 0.782. The largest absolute Gasteiger partial charge is 0.437 e. The predicted octanol–water partition coefficient (Wildman–Crippen LogP) is 3.64. The highest BCUT2D eigenvalue weighted by molar-refractivity contribution is 7.15. The molecule has 0 aliphatic rings. The van der Waals surface area contributed by atoms with Crippen LogP contribution in [-0.2, 0) is 12.8 Å². The van der Waals surface area contributed by atoms with Gasteiger partial charge in [-0.2, -0.15) is 4.98 Å². The Morgan fingerprint density at radius 2 is 2.29 bits per heavy atom. The van der Waals surface area contributed by atoms with Gasteiger partial charge in [0.1, 0.15) is 5.75 Å². The molecule has 1 aromatic carbocycles. The molecule has 0 bridgehead atoms. The van der Waals surface area contributed by atoms with E-state index in [0.29, 0.717) is 5.88 Å². The van der Waals surface area contributed by atoms with Gasteiger partial charge in [0.15, 0.2) is 4.96 Å². The average Bonchev–Trinajstić information content (AvgIpc) is 3.02. The van der Waals surface area contributed by atoms with E-state index in [4.69, 9.17) is 10.5 Å². The van der Waals surface area contributed by atoms with Crippen LogP contribution in [0.4, 0.5) is 0 Å². The second-order valence-electron chi connectivity index (χ2n) is 5.20. The maximum Gasteiger partial charge on any atom is 0.242 e. The first kappa shape index (κ1) is 14.1. The lowest BCUT2D eigenvalue weighted by atomic mass is 10.1. The summed E-state index contributed by atoms with van der Waals surface area (Å²) in [5.74, 6) is 1.48. The van der Waals surface area contributed by atoms with Crippen LogP contribution in [0.15, 0.2) is 35.8 Å². The molecule has 0 aliphatic heterocycles. The minimum atomic E-state index is 0.0640. The van der Waals surface area contributed by atoms with E-state index in [1.807, 2.05) is 30.6 Å². The van der Waals surface area contributed by atoms with E-state index in [1.54, 1.807) is 11.3 Å². The van der Waals surface area contributed by atoms with Gasteiger partial charge in [0.25, 0.3) is 0 Å². The summed E-state index contributed by atoms with van der Waals surface area (Å²) in [6, 6.07) is 8.19. The van der Waals surface area contributed by atoms with Crippen molar-refractivity contribution in [1.29, 1.82) is 0 Å². The first-order valence-electron chi connectivity index (χ1n) is 7.14. The minimum Gasteiger partial charge on any atom is -0.437 e. The number of aromatic nitrogens is 2. The lowest BCUT2D eigenvalue weighted by Gasteiger charge is -2.09. The summed E-state index contributed by atoms with van der Waals surface area (Å²) in [7, 11) is 0. The number of nitrogens with two attached hydrogens (primary N) is 1. The van der Waals surface area contributed by atoms with Gasteiger partial charge in [0.2, 0.25) is 5.88 Å². The van der Waals surface area contributed by atoms with Crippen molar-refractivity contribution < 1.29 is 4.74 Å². The molecule has 0 spiro atoms. The van der Waals surface area contributed by atoms with Crippen LogP contribution in [0.5, 0.6) is 11.6 Å². The topological polar surface area (TPSA) is 52.5 Å². The maximum atomic E-state index is 6.02. The number of ether oxygens (including phenoxy) is 1. The van der Waals surface area contributed by atoms with Crippen molar-refractivity contribution in [2.75, 3.05) is 0 Å². The number of benzene rings is 1. The third kappa shape index (κ3) is 2.94. The van der Waals surface area contributed by atoms with Crippen LogP contribution >= 0.6 is 11.3 Å². The Kier molecular flexibility index (Phi) is 3.94. The summed E-state index contributed by atoms with van der Waals surface area (Å²) in [4.78, 5) is 5.52. The van der Waals surface area contributed by atoms with E-state index >= 15 is 0 Å². The normalized spacial score (nSPS) is 12.7. The molecule has 0 fully saturated rings. The van der Waals surface area contributed by atoms with Gasteiger partial charge in [0, 0.05) is 24.0 Å². The van der Waals surface area contributed by atoms with Crippen LogP contribution in [0.3, 0.4) is 0 Å². The minimum absolute atomic E-state index is 0.0640. The molecule has 110 valence electrons. The van der Waals surface area contributed by atoms with Crippen molar-refractivity contribution in [2.24, 2.45) is 5.73 Å². The molecule has 3 aromatic rings. The molecule has 0 aliphatic carbocycles. The van der Waals surface area contributed by atoms with E-state index in [9.17, 15) is 0 Å². The molecule has 4 nitrogen and oxygen atoms in total. The fraction of sp³-hybridized carbons (Fsp3) is 0.312. The number of hydrogen-bond acceptors (Lipinski definition) is 4. The number of nitrogens with zero attached hydrogens (tertiary/aromatic N) is 2. The molecule has 2 N–H and O–H groups in total. The second-order valence-corrected chi connectivity index (χ2v) is 6.08. The van der Waals surface area contributed by atoms with Crippen molar-refractivity contribution in [3.8, 4) is 11.6 Å². The highest BCUT2D eigenvalue weighted by Crippen LogP contribution is 2.29. The summed E-state index contributed by atoms with van der Waals surface area (Å²) < 4.78 is 8.08. The van der Waals surface area contributed by atoms with Gasteiger partial charge in [-0.1, -0.05) is 19.1 Å². The Balaban J connectivity index is 1.97. The van der Waals surface area contributed by atoms with Gasteiger partial charge in [-0.15, -0.1) is 11.3 Å². The number of aryl methyl sites for hydroxylation is 1. The molecule has 3 rings (SSSR count). The number of rotatable bonds is 5. The molecule has 0 radical (unpaired) electrons. The molecule has 1 unspecified atom stereocenters. The van der Waals surface area contributed by atoms with Gasteiger partial charge >= 0.3 is 0 Å². The Morgan fingerprint density at radius 1 is 1.43 bits per heavy atom. The SMILES string of the molecule is CCc1cccc(Oc2nc3sccn3c2CC(C)N)c1. The smallest absolute Gasteiger partial charge is 0.242 e. The highest BCUT2D eigenvalue weighted by atomic mass is 32.1. The molecule has 21 heavy (non-hydrogen) atoms.